The molecule has 0 aliphatic rings. The van der Waals surface area contributed by atoms with E-state index in [1.54, 1.807) is 25.1 Å². The molecule has 0 spiro atoms. The summed E-state index contributed by atoms with van der Waals surface area (Å²) in [5.41, 5.74) is 1.26. The Morgan fingerprint density at radius 3 is 2.57 bits per heavy atom. The first-order chi connectivity index (χ1) is 10.8. The number of sulfonamides is 1. The SMILES string of the molecule is COc1ccc(Cl)cc1CN(C)S(=O)(=O)c1cc(C)ccc1F. The third kappa shape index (κ3) is 3.83. The highest BCUT2D eigenvalue weighted by Gasteiger charge is 2.25. The molecule has 0 N–H and O–H groups in total. The lowest BCUT2D eigenvalue weighted by Gasteiger charge is -2.19. The second-order valence-corrected chi connectivity index (χ2v) is 7.60. The molecule has 0 aliphatic heterocycles. The van der Waals surface area contributed by atoms with E-state index >= 15 is 0 Å². The molecule has 0 saturated carbocycles. The first-order valence-corrected chi connectivity index (χ1v) is 8.62. The lowest BCUT2D eigenvalue weighted by molar-refractivity contribution is 0.397. The van der Waals surface area contributed by atoms with Crippen molar-refractivity contribution in [1.29, 1.82) is 0 Å². The topological polar surface area (TPSA) is 46.6 Å². The maximum atomic E-state index is 13.9. The Kier molecular flexibility index (Phi) is 5.29. The first kappa shape index (κ1) is 17.7. The minimum atomic E-state index is -3.97. The number of rotatable bonds is 5. The predicted octanol–water partition coefficient (Wildman–Crippen LogP) is 3.62. The number of hydrogen-bond donors (Lipinski definition) is 0. The molecule has 0 aliphatic carbocycles. The molecule has 2 aromatic carbocycles. The van der Waals surface area contributed by atoms with E-state index in [2.05, 4.69) is 0 Å². The molecule has 0 unspecified atom stereocenters. The molecule has 124 valence electrons. The summed E-state index contributed by atoms with van der Waals surface area (Å²) >= 11 is 5.95. The Balaban J connectivity index is 2.38. The molecule has 7 heteroatoms. The first-order valence-electron chi connectivity index (χ1n) is 6.80. The van der Waals surface area contributed by atoms with E-state index in [4.69, 9.17) is 16.3 Å². The maximum absolute atomic E-state index is 13.9. The number of benzene rings is 2. The van der Waals surface area contributed by atoms with Crippen molar-refractivity contribution in [3.05, 3.63) is 58.4 Å². The van der Waals surface area contributed by atoms with Crippen LogP contribution >= 0.6 is 11.6 Å². The average Bonchev–Trinajstić information content (AvgIpc) is 2.49. The molecule has 0 aromatic heterocycles. The number of methoxy groups -OCH3 is 1. The van der Waals surface area contributed by atoms with Crippen LogP contribution in [0.2, 0.25) is 5.02 Å². The molecule has 2 aromatic rings. The summed E-state index contributed by atoms with van der Waals surface area (Å²) in [5, 5.41) is 0.466. The van der Waals surface area contributed by atoms with E-state index in [-0.39, 0.29) is 11.4 Å². The van der Waals surface area contributed by atoms with Crippen molar-refractivity contribution in [3.63, 3.8) is 0 Å². The van der Waals surface area contributed by atoms with Gasteiger partial charge in [-0.25, -0.2) is 12.8 Å². The van der Waals surface area contributed by atoms with E-state index in [1.807, 2.05) is 0 Å². The third-order valence-electron chi connectivity index (χ3n) is 3.41. The van der Waals surface area contributed by atoms with Crippen LogP contribution in [0, 0.1) is 12.7 Å². The van der Waals surface area contributed by atoms with Crippen LogP contribution in [0.15, 0.2) is 41.3 Å². The molecule has 0 atom stereocenters. The molecule has 0 bridgehead atoms. The van der Waals surface area contributed by atoms with Gasteiger partial charge < -0.3 is 4.74 Å². The van der Waals surface area contributed by atoms with E-state index in [0.717, 1.165) is 10.4 Å². The van der Waals surface area contributed by atoms with Gasteiger partial charge in [0.2, 0.25) is 10.0 Å². The predicted molar refractivity (Wildman–Crippen MR) is 87.8 cm³/mol. The highest BCUT2D eigenvalue weighted by molar-refractivity contribution is 7.89. The van der Waals surface area contributed by atoms with Crippen LogP contribution in [0.1, 0.15) is 11.1 Å². The highest BCUT2D eigenvalue weighted by atomic mass is 35.5. The van der Waals surface area contributed by atoms with Crippen LogP contribution in [-0.4, -0.2) is 26.9 Å². The fourth-order valence-electron chi connectivity index (χ4n) is 2.17. The van der Waals surface area contributed by atoms with Crippen molar-refractivity contribution in [2.24, 2.45) is 0 Å². The molecule has 2 rings (SSSR count). The molecule has 23 heavy (non-hydrogen) atoms. The largest absolute Gasteiger partial charge is 0.496 e. The molecule has 0 fully saturated rings. The molecule has 0 radical (unpaired) electrons. The summed E-state index contributed by atoms with van der Waals surface area (Å²) in [5.74, 6) is -0.262. The van der Waals surface area contributed by atoms with Gasteiger partial charge in [-0.2, -0.15) is 4.31 Å². The molecule has 4 nitrogen and oxygen atoms in total. The maximum Gasteiger partial charge on any atom is 0.246 e. The van der Waals surface area contributed by atoms with Crippen LogP contribution in [0.4, 0.5) is 4.39 Å². The quantitative estimate of drug-likeness (QED) is 0.821. The number of nitrogens with zero attached hydrogens (tertiary/aromatic N) is 1. The normalized spacial score (nSPS) is 11.7. The number of halogens is 2. The van der Waals surface area contributed by atoms with E-state index in [0.29, 0.717) is 21.9 Å². The summed E-state index contributed by atoms with van der Waals surface area (Å²) in [4.78, 5) is -0.346. The zero-order valence-electron chi connectivity index (χ0n) is 13.0. The van der Waals surface area contributed by atoms with Gasteiger partial charge in [0, 0.05) is 24.2 Å². The van der Waals surface area contributed by atoms with E-state index in [1.165, 1.54) is 26.3 Å². The van der Waals surface area contributed by atoms with Crippen molar-refractivity contribution >= 4 is 21.6 Å². The minimum Gasteiger partial charge on any atom is -0.496 e. The van der Waals surface area contributed by atoms with E-state index < -0.39 is 15.8 Å². The number of hydrogen-bond acceptors (Lipinski definition) is 3. The molecular formula is C16H17ClFNO3S. The average molecular weight is 358 g/mol. The van der Waals surface area contributed by atoms with Gasteiger partial charge in [0.25, 0.3) is 0 Å². The lowest BCUT2D eigenvalue weighted by Crippen LogP contribution is -2.27. The van der Waals surface area contributed by atoms with Crippen LogP contribution in [0.5, 0.6) is 5.75 Å². The van der Waals surface area contributed by atoms with Gasteiger partial charge in [-0.05, 0) is 42.8 Å². The Hall–Kier alpha value is -1.63. The standard InChI is InChI=1S/C16H17ClFNO3S/c1-11-4-6-14(18)16(8-11)23(20,21)19(2)10-12-9-13(17)5-7-15(12)22-3/h4-9H,10H2,1-3H3. The van der Waals surface area contributed by atoms with Crippen molar-refractivity contribution in [2.75, 3.05) is 14.2 Å². The highest BCUT2D eigenvalue weighted by Crippen LogP contribution is 2.27. The Morgan fingerprint density at radius 2 is 1.91 bits per heavy atom. The molecule has 0 saturated heterocycles. The third-order valence-corrected chi connectivity index (χ3v) is 5.46. The van der Waals surface area contributed by atoms with Gasteiger partial charge in [0.05, 0.1) is 7.11 Å². The van der Waals surface area contributed by atoms with Gasteiger partial charge in [-0.3, -0.25) is 0 Å². The van der Waals surface area contributed by atoms with Crippen molar-refractivity contribution in [3.8, 4) is 5.75 Å². The number of aryl methyl sites for hydroxylation is 1. The molecule has 0 amide bonds. The van der Waals surface area contributed by atoms with Crippen molar-refractivity contribution in [2.45, 2.75) is 18.4 Å². The zero-order chi connectivity index (χ0) is 17.2. The minimum absolute atomic E-state index is 0.0133. The fraction of sp³-hybridized carbons (Fsp3) is 0.250. The van der Waals surface area contributed by atoms with Crippen LogP contribution in [0.25, 0.3) is 0 Å². The monoisotopic (exact) mass is 357 g/mol. The zero-order valence-corrected chi connectivity index (χ0v) is 14.6. The summed E-state index contributed by atoms with van der Waals surface area (Å²) in [7, 11) is -1.09. The van der Waals surface area contributed by atoms with Gasteiger partial charge in [0.15, 0.2) is 0 Å². The van der Waals surface area contributed by atoms with Crippen molar-refractivity contribution < 1.29 is 17.5 Å². The lowest BCUT2D eigenvalue weighted by atomic mass is 10.2. The summed E-state index contributed by atoms with van der Waals surface area (Å²) in [6.07, 6.45) is 0. The summed E-state index contributed by atoms with van der Waals surface area (Å²) in [6, 6.07) is 8.92. The fourth-order valence-corrected chi connectivity index (χ4v) is 3.66. The Labute approximate surface area is 140 Å². The Morgan fingerprint density at radius 1 is 1.22 bits per heavy atom. The van der Waals surface area contributed by atoms with E-state index in [9.17, 15) is 12.8 Å². The smallest absolute Gasteiger partial charge is 0.246 e. The van der Waals surface area contributed by atoms with Crippen LogP contribution in [-0.2, 0) is 16.6 Å². The second kappa shape index (κ2) is 6.86. The van der Waals surface area contributed by atoms with Crippen molar-refractivity contribution in [1.82, 2.24) is 4.31 Å². The molecular weight excluding hydrogens is 341 g/mol. The molecule has 0 heterocycles. The van der Waals surface area contributed by atoms with Gasteiger partial charge in [0.1, 0.15) is 16.5 Å². The van der Waals surface area contributed by atoms with Crippen LogP contribution < -0.4 is 4.74 Å². The number of ether oxygens (including phenoxy) is 1. The van der Waals surface area contributed by atoms with Crippen LogP contribution in [0.3, 0.4) is 0 Å². The van der Waals surface area contributed by atoms with Gasteiger partial charge in [-0.15, -0.1) is 0 Å². The summed E-state index contributed by atoms with van der Waals surface area (Å²) < 4.78 is 45.4. The Bertz CT molecular complexity index is 824. The second-order valence-electron chi connectivity index (χ2n) is 5.15. The summed E-state index contributed by atoms with van der Waals surface area (Å²) in [6.45, 7) is 1.72. The van der Waals surface area contributed by atoms with Gasteiger partial charge >= 0.3 is 0 Å². The van der Waals surface area contributed by atoms with Gasteiger partial charge in [-0.1, -0.05) is 17.7 Å².